The zero-order valence-corrected chi connectivity index (χ0v) is 17.7. The average Bonchev–Trinajstić information content (AvgIpc) is 2.74. The lowest BCUT2D eigenvalue weighted by atomic mass is 10.2. The van der Waals surface area contributed by atoms with Gasteiger partial charge in [0.1, 0.15) is 5.82 Å². The standard InChI is InChI=1S/C21H17ClFN3O4S/c1-13-5-10-18(12-19(13)23)31(29,30)26-17-4-2-3-15(11-17)21(28)25-24-20(27)14-6-8-16(22)9-7-14/h2-12,26H,1H3,(H,24,27)(H,25,28). The van der Waals surface area contributed by atoms with Crippen LogP contribution in [-0.4, -0.2) is 20.2 Å². The Morgan fingerprint density at radius 2 is 1.52 bits per heavy atom. The molecule has 2 amide bonds. The molecule has 10 heteroatoms. The first-order valence-corrected chi connectivity index (χ1v) is 10.8. The number of carbonyl (C=O) groups excluding carboxylic acids is 2. The van der Waals surface area contributed by atoms with E-state index in [1.54, 1.807) is 0 Å². The van der Waals surface area contributed by atoms with Gasteiger partial charge in [-0.3, -0.25) is 25.2 Å². The normalized spacial score (nSPS) is 10.9. The summed E-state index contributed by atoms with van der Waals surface area (Å²) in [6.45, 7) is 1.52. The van der Waals surface area contributed by atoms with Crippen LogP contribution in [0.4, 0.5) is 10.1 Å². The largest absolute Gasteiger partial charge is 0.280 e. The lowest BCUT2D eigenvalue weighted by molar-refractivity contribution is 0.0846. The van der Waals surface area contributed by atoms with Crippen LogP contribution in [0.2, 0.25) is 5.02 Å². The van der Waals surface area contributed by atoms with Gasteiger partial charge in [-0.25, -0.2) is 12.8 Å². The molecule has 0 aromatic heterocycles. The monoisotopic (exact) mass is 461 g/mol. The van der Waals surface area contributed by atoms with Crippen LogP contribution in [-0.2, 0) is 10.0 Å². The van der Waals surface area contributed by atoms with E-state index in [1.165, 1.54) is 67.6 Å². The quantitative estimate of drug-likeness (QED) is 0.504. The molecule has 0 saturated heterocycles. The van der Waals surface area contributed by atoms with Crippen molar-refractivity contribution in [3.8, 4) is 0 Å². The summed E-state index contributed by atoms with van der Waals surface area (Å²) < 4.78 is 41.0. The van der Waals surface area contributed by atoms with E-state index in [4.69, 9.17) is 11.6 Å². The number of halogens is 2. The molecule has 3 rings (SSSR count). The third kappa shape index (κ3) is 5.59. The van der Waals surface area contributed by atoms with E-state index in [0.29, 0.717) is 10.6 Å². The van der Waals surface area contributed by atoms with E-state index in [9.17, 15) is 22.4 Å². The number of benzene rings is 3. The van der Waals surface area contributed by atoms with Gasteiger partial charge >= 0.3 is 0 Å². The molecule has 0 fully saturated rings. The average molecular weight is 462 g/mol. The van der Waals surface area contributed by atoms with Gasteiger partial charge in [0.25, 0.3) is 21.8 Å². The third-order valence-electron chi connectivity index (χ3n) is 4.23. The zero-order chi connectivity index (χ0) is 22.6. The van der Waals surface area contributed by atoms with Gasteiger partial charge in [0.2, 0.25) is 0 Å². The van der Waals surface area contributed by atoms with E-state index in [-0.39, 0.29) is 21.7 Å². The SMILES string of the molecule is Cc1ccc(S(=O)(=O)Nc2cccc(C(=O)NNC(=O)c3ccc(Cl)cc3)c2)cc1F. The van der Waals surface area contributed by atoms with Gasteiger partial charge in [0.15, 0.2) is 0 Å². The Morgan fingerprint density at radius 1 is 0.871 bits per heavy atom. The maximum Gasteiger partial charge on any atom is 0.269 e. The van der Waals surface area contributed by atoms with Gasteiger partial charge in [-0.15, -0.1) is 0 Å². The Balaban J connectivity index is 1.69. The fourth-order valence-electron chi connectivity index (χ4n) is 2.54. The number of hydrogen-bond acceptors (Lipinski definition) is 4. The molecule has 0 saturated carbocycles. The molecule has 0 aliphatic carbocycles. The summed E-state index contributed by atoms with van der Waals surface area (Å²) in [5.41, 5.74) is 5.30. The van der Waals surface area contributed by atoms with Crippen LogP contribution >= 0.6 is 11.6 Å². The summed E-state index contributed by atoms with van der Waals surface area (Å²) in [6.07, 6.45) is 0. The van der Waals surface area contributed by atoms with E-state index < -0.39 is 27.7 Å². The Hall–Kier alpha value is -3.43. The summed E-state index contributed by atoms with van der Waals surface area (Å²) in [7, 11) is -4.06. The molecular formula is C21H17ClFN3O4S. The molecule has 3 aromatic carbocycles. The smallest absolute Gasteiger partial charge is 0.269 e. The van der Waals surface area contributed by atoms with Crippen LogP contribution in [0.1, 0.15) is 26.3 Å². The van der Waals surface area contributed by atoms with E-state index in [0.717, 1.165) is 6.07 Å². The van der Waals surface area contributed by atoms with Gasteiger partial charge < -0.3 is 0 Å². The number of nitrogens with one attached hydrogen (secondary N) is 3. The number of rotatable bonds is 5. The first kappa shape index (κ1) is 22.3. The van der Waals surface area contributed by atoms with Gasteiger partial charge in [-0.2, -0.15) is 0 Å². The first-order chi connectivity index (χ1) is 14.7. The molecule has 0 radical (unpaired) electrons. The Bertz CT molecular complexity index is 1250. The van der Waals surface area contributed by atoms with E-state index in [1.807, 2.05) is 0 Å². The number of carbonyl (C=O) groups is 2. The highest BCUT2D eigenvalue weighted by Crippen LogP contribution is 2.19. The van der Waals surface area contributed by atoms with Crippen molar-refractivity contribution in [2.75, 3.05) is 4.72 Å². The molecule has 31 heavy (non-hydrogen) atoms. The predicted octanol–water partition coefficient (Wildman–Crippen LogP) is 3.66. The number of anilines is 1. The Morgan fingerprint density at radius 3 is 2.16 bits per heavy atom. The molecule has 7 nitrogen and oxygen atoms in total. The molecule has 0 bridgehead atoms. The molecule has 3 N–H and O–H groups in total. The second kappa shape index (κ2) is 9.15. The number of sulfonamides is 1. The van der Waals surface area contributed by atoms with Gasteiger partial charge in [-0.1, -0.05) is 23.7 Å². The van der Waals surface area contributed by atoms with Crippen molar-refractivity contribution in [3.05, 3.63) is 94.3 Å². The lowest BCUT2D eigenvalue weighted by Gasteiger charge is -2.11. The fourth-order valence-corrected chi connectivity index (χ4v) is 3.72. The molecule has 3 aromatic rings. The molecule has 160 valence electrons. The van der Waals surface area contributed by atoms with Crippen LogP contribution in [0, 0.1) is 12.7 Å². The summed E-state index contributed by atoms with van der Waals surface area (Å²) >= 11 is 5.77. The summed E-state index contributed by atoms with van der Waals surface area (Å²) in [6, 6.07) is 15.2. The Labute approximate surface area is 183 Å². The maximum absolute atomic E-state index is 13.7. The van der Waals surface area contributed by atoms with Gasteiger partial charge in [0.05, 0.1) is 4.90 Å². The molecule has 0 heterocycles. The topological polar surface area (TPSA) is 104 Å². The highest BCUT2D eigenvalue weighted by Gasteiger charge is 2.17. The molecule has 0 aliphatic rings. The zero-order valence-electron chi connectivity index (χ0n) is 16.1. The predicted molar refractivity (Wildman–Crippen MR) is 115 cm³/mol. The highest BCUT2D eigenvalue weighted by molar-refractivity contribution is 7.92. The number of amides is 2. The second-order valence-electron chi connectivity index (χ2n) is 6.51. The summed E-state index contributed by atoms with van der Waals surface area (Å²) in [5.74, 6) is -1.86. The Kier molecular flexibility index (Phi) is 6.57. The van der Waals surface area contributed by atoms with E-state index >= 15 is 0 Å². The molecule has 0 spiro atoms. The van der Waals surface area contributed by atoms with Crippen LogP contribution < -0.4 is 15.6 Å². The van der Waals surface area contributed by atoms with Gasteiger partial charge in [-0.05, 0) is 67.1 Å². The minimum absolute atomic E-state index is 0.0895. The van der Waals surface area contributed by atoms with Crippen LogP contribution in [0.5, 0.6) is 0 Å². The van der Waals surface area contributed by atoms with Crippen molar-refractivity contribution >= 4 is 39.1 Å². The van der Waals surface area contributed by atoms with Gasteiger partial charge in [0, 0.05) is 21.8 Å². The van der Waals surface area contributed by atoms with E-state index in [2.05, 4.69) is 15.6 Å². The van der Waals surface area contributed by atoms with Crippen LogP contribution in [0.3, 0.4) is 0 Å². The first-order valence-electron chi connectivity index (χ1n) is 8.91. The van der Waals surface area contributed by atoms with Crippen molar-refractivity contribution < 1.29 is 22.4 Å². The van der Waals surface area contributed by atoms with Crippen molar-refractivity contribution in [1.29, 1.82) is 0 Å². The number of hydrogen-bond donors (Lipinski definition) is 3. The molecular weight excluding hydrogens is 445 g/mol. The van der Waals surface area contributed by atoms with Crippen molar-refractivity contribution in [1.82, 2.24) is 10.9 Å². The molecule has 0 aliphatic heterocycles. The highest BCUT2D eigenvalue weighted by atomic mass is 35.5. The van der Waals surface area contributed by atoms with Crippen LogP contribution in [0.25, 0.3) is 0 Å². The van der Waals surface area contributed by atoms with Crippen molar-refractivity contribution in [2.24, 2.45) is 0 Å². The fraction of sp³-hybridized carbons (Fsp3) is 0.0476. The molecule has 0 atom stereocenters. The lowest BCUT2D eigenvalue weighted by Crippen LogP contribution is -2.41. The summed E-state index contributed by atoms with van der Waals surface area (Å²) in [4.78, 5) is 24.1. The van der Waals surface area contributed by atoms with Crippen LogP contribution in [0.15, 0.2) is 71.6 Å². The van der Waals surface area contributed by atoms with Crippen molar-refractivity contribution in [3.63, 3.8) is 0 Å². The van der Waals surface area contributed by atoms with Crippen molar-refractivity contribution in [2.45, 2.75) is 11.8 Å². The number of aryl methyl sites for hydroxylation is 1. The third-order valence-corrected chi connectivity index (χ3v) is 5.86. The molecule has 0 unspecified atom stereocenters. The summed E-state index contributed by atoms with van der Waals surface area (Å²) in [5, 5.41) is 0.466. The minimum atomic E-state index is -4.06. The second-order valence-corrected chi connectivity index (χ2v) is 8.63. The minimum Gasteiger partial charge on any atom is -0.280 e. The maximum atomic E-state index is 13.7. The number of hydrazine groups is 1.